The molecule has 1 atom stereocenters. The zero-order valence-corrected chi connectivity index (χ0v) is 22.7. The van der Waals surface area contributed by atoms with E-state index in [1.54, 1.807) is 30.3 Å². The maximum atomic E-state index is 12.4. The standard InChI is InChI=1S/C30H37N3O6/c1-30(2,3)22-11-13-24(14-12-22)33-25(18-39-29(33)32-23-6-4-5-21(17-23)28(37)38)19-7-9-20(10-8-19)27(36)31-16-15-26(34)35/h4-10,17,22,24-25H,11-16,18H2,1-3H3,(H,31,36)(H,34,35)(H,37,38). The van der Waals surface area contributed by atoms with Gasteiger partial charge >= 0.3 is 11.9 Å². The van der Waals surface area contributed by atoms with Crippen LogP contribution >= 0.6 is 0 Å². The number of benzene rings is 2. The fraction of sp³-hybridized carbons (Fsp3) is 0.467. The quantitative estimate of drug-likeness (QED) is 0.421. The van der Waals surface area contributed by atoms with Gasteiger partial charge in [0.15, 0.2) is 0 Å². The molecule has 1 heterocycles. The van der Waals surface area contributed by atoms with Crippen molar-refractivity contribution >= 4 is 29.6 Å². The van der Waals surface area contributed by atoms with Gasteiger partial charge in [0.05, 0.1) is 23.7 Å². The summed E-state index contributed by atoms with van der Waals surface area (Å²) in [5.41, 5.74) is 2.38. The second-order valence-corrected chi connectivity index (χ2v) is 11.4. The first kappa shape index (κ1) is 28.1. The number of carbonyl (C=O) groups is 3. The highest BCUT2D eigenvalue weighted by atomic mass is 16.5. The van der Waals surface area contributed by atoms with Crippen LogP contribution in [0.25, 0.3) is 0 Å². The number of rotatable bonds is 8. The number of carboxylic acid groups (broad SMARTS) is 2. The van der Waals surface area contributed by atoms with Gasteiger partial charge in [-0.2, -0.15) is 4.99 Å². The molecule has 1 saturated carbocycles. The lowest BCUT2D eigenvalue weighted by Crippen LogP contribution is -2.42. The van der Waals surface area contributed by atoms with Crippen LogP contribution < -0.4 is 5.32 Å². The summed E-state index contributed by atoms with van der Waals surface area (Å²) in [7, 11) is 0. The van der Waals surface area contributed by atoms with Gasteiger partial charge < -0.3 is 25.2 Å². The van der Waals surface area contributed by atoms with Gasteiger partial charge in [-0.1, -0.05) is 39.0 Å². The van der Waals surface area contributed by atoms with Gasteiger partial charge in [-0.05, 0) is 72.9 Å². The fourth-order valence-electron chi connectivity index (χ4n) is 5.48. The molecular formula is C30H37N3O6. The van der Waals surface area contributed by atoms with E-state index < -0.39 is 11.9 Å². The maximum Gasteiger partial charge on any atom is 0.335 e. The fourth-order valence-corrected chi connectivity index (χ4v) is 5.48. The number of aliphatic imine (C=N–C) groups is 1. The largest absolute Gasteiger partial charge is 0.481 e. The van der Waals surface area contributed by atoms with Crippen molar-refractivity contribution in [3.8, 4) is 0 Å². The van der Waals surface area contributed by atoms with Crippen molar-refractivity contribution < 1.29 is 29.3 Å². The number of nitrogens with one attached hydrogen (secondary N) is 1. The number of nitrogens with zero attached hydrogens (tertiary/aromatic N) is 2. The second kappa shape index (κ2) is 11.9. The highest BCUT2D eigenvalue weighted by molar-refractivity contribution is 5.94. The minimum absolute atomic E-state index is 0.0697. The predicted molar refractivity (Wildman–Crippen MR) is 147 cm³/mol. The van der Waals surface area contributed by atoms with Crippen LogP contribution in [0.3, 0.4) is 0 Å². The van der Waals surface area contributed by atoms with E-state index >= 15 is 0 Å². The molecule has 1 aliphatic carbocycles. The predicted octanol–water partition coefficient (Wildman–Crippen LogP) is 5.26. The van der Waals surface area contributed by atoms with Gasteiger partial charge in [0, 0.05) is 18.2 Å². The first-order valence-corrected chi connectivity index (χ1v) is 13.5. The molecule has 1 amide bonds. The lowest BCUT2D eigenvalue weighted by molar-refractivity contribution is -0.136. The van der Waals surface area contributed by atoms with Crippen LogP contribution in [0.5, 0.6) is 0 Å². The van der Waals surface area contributed by atoms with Crippen molar-refractivity contribution in [2.45, 2.75) is 65.0 Å². The maximum absolute atomic E-state index is 12.4. The normalized spacial score (nSPS) is 22.4. The molecule has 2 aromatic carbocycles. The molecule has 2 fully saturated rings. The van der Waals surface area contributed by atoms with Gasteiger partial charge in [-0.15, -0.1) is 0 Å². The molecule has 1 aliphatic heterocycles. The van der Waals surface area contributed by atoms with Gasteiger partial charge in [-0.3, -0.25) is 9.59 Å². The Kier molecular flexibility index (Phi) is 8.57. The number of amidine groups is 1. The van der Waals surface area contributed by atoms with E-state index in [0.29, 0.717) is 29.8 Å². The highest BCUT2D eigenvalue weighted by Gasteiger charge is 2.40. The third kappa shape index (κ3) is 6.96. The van der Waals surface area contributed by atoms with E-state index in [9.17, 15) is 19.5 Å². The van der Waals surface area contributed by atoms with E-state index in [1.807, 2.05) is 12.1 Å². The topological polar surface area (TPSA) is 129 Å². The molecule has 9 heteroatoms. The molecule has 0 radical (unpaired) electrons. The molecule has 1 saturated heterocycles. The zero-order valence-electron chi connectivity index (χ0n) is 22.7. The van der Waals surface area contributed by atoms with Crippen molar-refractivity contribution in [3.05, 3.63) is 65.2 Å². The van der Waals surface area contributed by atoms with E-state index in [2.05, 4.69) is 31.0 Å². The second-order valence-electron chi connectivity index (χ2n) is 11.4. The summed E-state index contributed by atoms with van der Waals surface area (Å²) in [4.78, 5) is 41.6. The third-order valence-electron chi connectivity index (χ3n) is 7.74. The SMILES string of the molecule is CC(C)(C)C1CCC(N2C(=Nc3cccc(C(=O)O)c3)OCC2c2ccc(C(=O)NCCC(=O)O)cc2)CC1. The van der Waals surface area contributed by atoms with E-state index in [4.69, 9.17) is 14.8 Å². The number of ether oxygens (including phenoxy) is 1. The van der Waals surface area contributed by atoms with Gasteiger partial charge in [0.1, 0.15) is 6.61 Å². The summed E-state index contributed by atoms with van der Waals surface area (Å²) in [6.07, 6.45) is 4.08. The lowest BCUT2D eigenvalue weighted by atomic mass is 9.71. The Labute approximate surface area is 228 Å². The average Bonchev–Trinajstić information content (AvgIpc) is 3.31. The Balaban J connectivity index is 1.58. The van der Waals surface area contributed by atoms with Crippen LogP contribution in [-0.4, -0.2) is 58.2 Å². The molecule has 9 nitrogen and oxygen atoms in total. The van der Waals surface area contributed by atoms with E-state index in [1.165, 1.54) is 6.07 Å². The van der Waals surface area contributed by atoms with Crippen molar-refractivity contribution in [2.75, 3.05) is 13.2 Å². The van der Waals surface area contributed by atoms with Crippen LogP contribution in [0, 0.1) is 11.3 Å². The van der Waals surface area contributed by atoms with Crippen molar-refractivity contribution in [2.24, 2.45) is 16.3 Å². The number of hydrogen-bond acceptors (Lipinski definition) is 5. The lowest BCUT2D eigenvalue weighted by Gasteiger charge is -2.41. The van der Waals surface area contributed by atoms with Crippen LogP contribution in [0.1, 0.15) is 85.2 Å². The summed E-state index contributed by atoms with van der Waals surface area (Å²) in [6.45, 7) is 7.34. The summed E-state index contributed by atoms with van der Waals surface area (Å²) in [6, 6.07) is 14.4. The Bertz CT molecular complexity index is 1230. The molecule has 4 rings (SSSR count). The molecule has 39 heavy (non-hydrogen) atoms. The molecular weight excluding hydrogens is 498 g/mol. The first-order valence-electron chi connectivity index (χ1n) is 13.5. The van der Waals surface area contributed by atoms with E-state index in [0.717, 1.165) is 31.2 Å². The molecule has 3 N–H and O–H groups in total. The smallest absolute Gasteiger partial charge is 0.335 e. The Morgan fingerprint density at radius 3 is 2.31 bits per heavy atom. The minimum atomic E-state index is -1.01. The summed E-state index contributed by atoms with van der Waals surface area (Å²) < 4.78 is 6.13. The Morgan fingerprint density at radius 2 is 1.69 bits per heavy atom. The third-order valence-corrected chi connectivity index (χ3v) is 7.74. The summed E-state index contributed by atoms with van der Waals surface area (Å²) in [5.74, 6) is -1.65. The average molecular weight is 536 g/mol. The van der Waals surface area contributed by atoms with Crippen LogP contribution in [-0.2, 0) is 9.53 Å². The van der Waals surface area contributed by atoms with Gasteiger partial charge in [0.25, 0.3) is 11.9 Å². The van der Waals surface area contributed by atoms with Crippen LogP contribution in [0.4, 0.5) is 5.69 Å². The number of carboxylic acids is 2. The van der Waals surface area contributed by atoms with E-state index in [-0.39, 0.29) is 41.9 Å². The highest BCUT2D eigenvalue weighted by Crippen LogP contribution is 2.42. The monoisotopic (exact) mass is 535 g/mol. The van der Waals surface area contributed by atoms with Gasteiger partial charge in [0.2, 0.25) is 0 Å². The summed E-state index contributed by atoms with van der Waals surface area (Å²) in [5, 5.41) is 20.8. The van der Waals surface area contributed by atoms with Crippen molar-refractivity contribution in [3.63, 3.8) is 0 Å². The molecule has 0 bridgehead atoms. The Morgan fingerprint density at radius 1 is 1.00 bits per heavy atom. The first-order chi connectivity index (χ1) is 18.5. The molecule has 208 valence electrons. The molecule has 0 aromatic heterocycles. The van der Waals surface area contributed by atoms with Crippen molar-refractivity contribution in [1.29, 1.82) is 0 Å². The zero-order chi connectivity index (χ0) is 28.2. The molecule has 2 aliphatic rings. The molecule has 2 aromatic rings. The summed E-state index contributed by atoms with van der Waals surface area (Å²) >= 11 is 0. The number of aliphatic carboxylic acids is 1. The number of amides is 1. The van der Waals surface area contributed by atoms with Crippen LogP contribution in [0.2, 0.25) is 0 Å². The Hall–Kier alpha value is -3.88. The molecule has 1 unspecified atom stereocenters. The number of carbonyl (C=O) groups excluding carboxylic acids is 1. The minimum Gasteiger partial charge on any atom is -0.481 e. The molecule has 0 spiro atoms. The van der Waals surface area contributed by atoms with Crippen LogP contribution in [0.15, 0.2) is 53.5 Å². The van der Waals surface area contributed by atoms with Crippen molar-refractivity contribution in [1.82, 2.24) is 10.2 Å². The van der Waals surface area contributed by atoms with Gasteiger partial charge in [-0.25, -0.2) is 4.79 Å². The number of aromatic carboxylic acids is 1. The number of hydrogen-bond donors (Lipinski definition) is 3.